The highest BCUT2D eigenvalue weighted by molar-refractivity contribution is 5.08. The fourth-order valence-electron chi connectivity index (χ4n) is 2.20. The molecule has 2 rings (SSSR count). The van der Waals surface area contributed by atoms with Gasteiger partial charge in [0.25, 0.3) is 0 Å². The summed E-state index contributed by atoms with van der Waals surface area (Å²) in [6.45, 7) is 11.0. The summed E-state index contributed by atoms with van der Waals surface area (Å²) in [5.41, 5.74) is 0. The van der Waals surface area contributed by atoms with Gasteiger partial charge in [-0.1, -0.05) is 27.7 Å². The van der Waals surface area contributed by atoms with Crippen LogP contribution in [-0.2, 0) is 25.9 Å². The van der Waals surface area contributed by atoms with Crippen molar-refractivity contribution >= 4 is 0 Å². The molecule has 0 atom stereocenters. The molecular formula is C16H26N4O. The normalized spacial score (nSPS) is 11.5. The molecule has 0 radical (unpaired) electrons. The quantitative estimate of drug-likeness (QED) is 0.812. The van der Waals surface area contributed by atoms with Gasteiger partial charge in [-0.05, 0) is 24.6 Å². The first kappa shape index (κ1) is 15.8. The van der Waals surface area contributed by atoms with Gasteiger partial charge in [0.1, 0.15) is 23.9 Å². The molecule has 2 heterocycles. The zero-order chi connectivity index (χ0) is 15.2. The summed E-state index contributed by atoms with van der Waals surface area (Å²) in [6, 6.07) is 4.06. The molecule has 0 saturated carbocycles. The minimum absolute atomic E-state index is 0.647. The number of nitrogens with zero attached hydrogens (tertiary/aromatic N) is 3. The van der Waals surface area contributed by atoms with Gasteiger partial charge in [0.15, 0.2) is 5.82 Å². The molecule has 0 saturated heterocycles. The van der Waals surface area contributed by atoms with E-state index in [1.807, 2.05) is 16.8 Å². The van der Waals surface area contributed by atoms with Crippen molar-refractivity contribution in [3.05, 3.63) is 35.3 Å². The average Bonchev–Trinajstić information content (AvgIpc) is 3.05. The molecule has 0 amide bonds. The first-order chi connectivity index (χ1) is 10.1. The van der Waals surface area contributed by atoms with E-state index in [1.54, 1.807) is 0 Å². The molecule has 21 heavy (non-hydrogen) atoms. The summed E-state index contributed by atoms with van der Waals surface area (Å²) < 4.78 is 7.81. The lowest BCUT2D eigenvalue weighted by atomic mass is 10.2. The number of rotatable bonds is 8. The van der Waals surface area contributed by atoms with Gasteiger partial charge < -0.3 is 9.73 Å². The van der Waals surface area contributed by atoms with E-state index in [2.05, 4.69) is 43.1 Å². The van der Waals surface area contributed by atoms with Crippen molar-refractivity contribution in [1.82, 2.24) is 20.1 Å². The Kier molecular flexibility index (Phi) is 5.56. The maximum atomic E-state index is 5.86. The molecule has 0 unspecified atom stereocenters. The fourth-order valence-corrected chi connectivity index (χ4v) is 2.20. The van der Waals surface area contributed by atoms with Gasteiger partial charge in [0.2, 0.25) is 0 Å². The van der Waals surface area contributed by atoms with Crippen LogP contribution in [0.5, 0.6) is 0 Å². The van der Waals surface area contributed by atoms with Crippen molar-refractivity contribution < 1.29 is 4.42 Å². The van der Waals surface area contributed by atoms with Crippen LogP contribution in [0, 0.1) is 5.92 Å². The van der Waals surface area contributed by atoms with Crippen molar-refractivity contribution in [3.8, 4) is 0 Å². The van der Waals surface area contributed by atoms with Gasteiger partial charge in [-0.25, -0.2) is 9.67 Å². The SMILES string of the molecule is CCc1nc(CC)n(Cc2ccc(CNCC(C)C)o2)n1. The Morgan fingerprint density at radius 2 is 1.95 bits per heavy atom. The van der Waals surface area contributed by atoms with Gasteiger partial charge in [-0.3, -0.25) is 0 Å². The highest BCUT2D eigenvalue weighted by Crippen LogP contribution is 2.11. The topological polar surface area (TPSA) is 55.9 Å². The molecule has 2 aromatic rings. The van der Waals surface area contributed by atoms with Crippen LogP contribution in [0.3, 0.4) is 0 Å². The molecular weight excluding hydrogens is 264 g/mol. The monoisotopic (exact) mass is 290 g/mol. The molecule has 0 fully saturated rings. The largest absolute Gasteiger partial charge is 0.463 e. The van der Waals surface area contributed by atoms with Crippen LogP contribution in [0.25, 0.3) is 0 Å². The zero-order valence-electron chi connectivity index (χ0n) is 13.5. The summed E-state index contributed by atoms with van der Waals surface area (Å²) >= 11 is 0. The molecule has 2 aromatic heterocycles. The van der Waals surface area contributed by atoms with Crippen LogP contribution < -0.4 is 5.32 Å². The standard InChI is InChI=1S/C16H26N4O/c1-5-15-18-16(6-2)20(19-15)11-14-8-7-13(21-14)10-17-9-12(3)4/h7-8,12,17H,5-6,9-11H2,1-4H3. The van der Waals surface area contributed by atoms with Crippen LogP contribution in [0.2, 0.25) is 0 Å². The minimum Gasteiger partial charge on any atom is -0.463 e. The lowest BCUT2D eigenvalue weighted by Gasteiger charge is -2.05. The average molecular weight is 290 g/mol. The predicted molar refractivity (Wildman–Crippen MR) is 83.1 cm³/mol. The number of hydrogen-bond acceptors (Lipinski definition) is 4. The predicted octanol–water partition coefficient (Wildman–Crippen LogP) is 2.79. The number of hydrogen-bond donors (Lipinski definition) is 1. The molecule has 0 aliphatic heterocycles. The Bertz CT molecular complexity index is 556. The molecule has 1 N–H and O–H groups in total. The molecule has 0 aromatic carbocycles. The molecule has 116 valence electrons. The molecule has 5 nitrogen and oxygen atoms in total. The van der Waals surface area contributed by atoms with Gasteiger partial charge >= 0.3 is 0 Å². The third-order valence-electron chi connectivity index (χ3n) is 3.30. The second kappa shape index (κ2) is 7.41. The summed E-state index contributed by atoms with van der Waals surface area (Å²) in [6.07, 6.45) is 1.75. The van der Waals surface area contributed by atoms with Crippen LogP contribution >= 0.6 is 0 Å². The Morgan fingerprint density at radius 3 is 2.62 bits per heavy atom. The highest BCUT2D eigenvalue weighted by atomic mass is 16.3. The van der Waals surface area contributed by atoms with E-state index in [-0.39, 0.29) is 0 Å². The molecule has 0 aliphatic rings. The minimum atomic E-state index is 0.647. The summed E-state index contributed by atoms with van der Waals surface area (Å²) in [4.78, 5) is 4.52. The van der Waals surface area contributed by atoms with E-state index < -0.39 is 0 Å². The first-order valence-corrected chi connectivity index (χ1v) is 7.83. The smallest absolute Gasteiger partial charge is 0.150 e. The van der Waals surface area contributed by atoms with E-state index in [9.17, 15) is 0 Å². The Labute approximate surface area is 126 Å². The third kappa shape index (κ3) is 4.43. The van der Waals surface area contributed by atoms with Gasteiger partial charge in [-0.15, -0.1) is 0 Å². The summed E-state index contributed by atoms with van der Waals surface area (Å²) in [5.74, 6) is 4.47. The summed E-state index contributed by atoms with van der Waals surface area (Å²) in [5, 5.41) is 7.90. The van der Waals surface area contributed by atoms with E-state index in [0.29, 0.717) is 12.5 Å². The number of aromatic nitrogens is 3. The number of furan rings is 1. The van der Waals surface area contributed by atoms with Crippen molar-refractivity contribution in [3.63, 3.8) is 0 Å². The second-order valence-electron chi connectivity index (χ2n) is 5.70. The highest BCUT2D eigenvalue weighted by Gasteiger charge is 2.10. The van der Waals surface area contributed by atoms with Crippen LogP contribution in [0.15, 0.2) is 16.5 Å². The fraction of sp³-hybridized carbons (Fsp3) is 0.625. The van der Waals surface area contributed by atoms with Crippen LogP contribution in [-0.4, -0.2) is 21.3 Å². The van der Waals surface area contributed by atoms with Crippen molar-refractivity contribution in [1.29, 1.82) is 0 Å². The lowest BCUT2D eigenvalue weighted by molar-refractivity contribution is 0.419. The number of nitrogens with one attached hydrogen (secondary N) is 1. The van der Waals surface area contributed by atoms with Gasteiger partial charge in [0.05, 0.1) is 6.54 Å². The Hall–Kier alpha value is -1.62. The Morgan fingerprint density at radius 1 is 1.19 bits per heavy atom. The second-order valence-corrected chi connectivity index (χ2v) is 5.70. The van der Waals surface area contributed by atoms with E-state index in [1.165, 1.54) is 0 Å². The first-order valence-electron chi connectivity index (χ1n) is 7.83. The number of aryl methyl sites for hydroxylation is 2. The molecule has 0 aliphatic carbocycles. The van der Waals surface area contributed by atoms with Crippen molar-refractivity contribution in [2.75, 3.05) is 6.54 Å². The van der Waals surface area contributed by atoms with Crippen LogP contribution in [0.1, 0.15) is 50.9 Å². The maximum absolute atomic E-state index is 5.86. The van der Waals surface area contributed by atoms with E-state index in [4.69, 9.17) is 4.42 Å². The van der Waals surface area contributed by atoms with Crippen molar-refractivity contribution in [2.24, 2.45) is 5.92 Å². The zero-order valence-corrected chi connectivity index (χ0v) is 13.5. The third-order valence-corrected chi connectivity index (χ3v) is 3.30. The van der Waals surface area contributed by atoms with E-state index in [0.717, 1.165) is 49.1 Å². The maximum Gasteiger partial charge on any atom is 0.150 e. The molecule has 5 heteroatoms. The van der Waals surface area contributed by atoms with Gasteiger partial charge in [0, 0.05) is 12.8 Å². The van der Waals surface area contributed by atoms with E-state index >= 15 is 0 Å². The Balaban J connectivity index is 1.97. The summed E-state index contributed by atoms with van der Waals surface area (Å²) in [7, 11) is 0. The lowest BCUT2D eigenvalue weighted by Crippen LogP contribution is -2.18. The van der Waals surface area contributed by atoms with Crippen LogP contribution in [0.4, 0.5) is 0 Å². The van der Waals surface area contributed by atoms with Crippen molar-refractivity contribution in [2.45, 2.75) is 53.6 Å². The molecule has 0 bridgehead atoms. The van der Waals surface area contributed by atoms with Gasteiger partial charge in [-0.2, -0.15) is 5.10 Å². The molecule has 0 spiro atoms.